The molecule has 0 aliphatic carbocycles. The second-order valence-electron chi connectivity index (χ2n) is 4.62. The molecule has 0 saturated heterocycles. The minimum absolute atomic E-state index is 0.152. The van der Waals surface area contributed by atoms with Gasteiger partial charge in [-0.15, -0.1) is 0 Å². The molecule has 0 aliphatic heterocycles. The van der Waals surface area contributed by atoms with Crippen molar-refractivity contribution < 1.29 is 24.6 Å². The van der Waals surface area contributed by atoms with Gasteiger partial charge in [0.15, 0.2) is 0 Å². The predicted molar refractivity (Wildman–Crippen MR) is 71.7 cm³/mol. The van der Waals surface area contributed by atoms with Crippen LogP contribution >= 0.6 is 0 Å². The fourth-order valence-electron chi connectivity index (χ4n) is 1.74. The molecule has 20 heavy (non-hydrogen) atoms. The highest BCUT2D eigenvalue weighted by atomic mass is 16.4. The third-order valence-corrected chi connectivity index (χ3v) is 2.89. The molecular weight excluding hydrogens is 262 g/mol. The predicted octanol–water partition coefficient (Wildman–Crippen LogP) is 1.35. The lowest BCUT2D eigenvalue weighted by Gasteiger charge is -2.15. The zero-order valence-electron chi connectivity index (χ0n) is 11.3. The Morgan fingerprint density at radius 1 is 1.20 bits per heavy atom. The highest BCUT2D eigenvalue weighted by molar-refractivity contribution is 5.98. The van der Waals surface area contributed by atoms with Crippen LogP contribution in [0.2, 0.25) is 0 Å². The minimum atomic E-state index is -1.25. The number of hydrogen-bond acceptors (Lipinski definition) is 3. The van der Waals surface area contributed by atoms with Crippen LogP contribution in [0.25, 0.3) is 0 Å². The Kier molecular flexibility index (Phi) is 5.25. The quantitative estimate of drug-likeness (QED) is 0.729. The van der Waals surface area contributed by atoms with Gasteiger partial charge in [-0.1, -0.05) is 17.7 Å². The highest BCUT2D eigenvalue weighted by Crippen LogP contribution is 2.11. The molecule has 0 radical (unpaired) electrons. The van der Waals surface area contributed by atoms with Crippen molar-refractivity contribution in [2.45, 2.75) is 32.7 Å². The molecule has 0 saturated carbocycles. The van der Waals surface area contributed by atoms with E-state index in [4.69, 9.17) is 10.2 Å². The fraction of sp³-hybridized carbons (Fsp3) is 0.357. The van der Waals surface area contributed by atoms with Crippen molar-refractivity contribution in [1.29, 1.82) is 0 Å². The number of hydrogen-bond donors (Lipinski definition) is 3. The Morgan fingerprint density at radius 3 is 2.40 bits per heavy atom. The largest absolute Gasteiger partial charge is 0.481 e. The van der Waals surface area contributed by atoms with Crippen LogP contribution in [-0.2, 0) is 9.59 Å². The first-order valence-corrected chi connectivity index (χ1v) is 6.14. The van der Waals surface area contributed by atoms with Gasteiger partial charge in [-0.3, -0.25) is 9.59 Å². The maximum Gasteiger partial charge on any atom is 0.326 e. The molecule has 0 bridgehead atoms. The van der Waals surface area contributed by atoms with Crippen LogP contribution in [0.3, 0.4) is 0 Å². The first-order chi connectivity index (χ1) is 9.31. The molecule has 1 aromatic carbocycles. The monoisotopic (exact) mass is 279 g/mol. The summed E-state index contributed by atoms with van der Waals surface area (Å²) in [7, 11) is 0. The summed E-state index contributed by atoms with van der Waals surface area (Å²) >= 11 is 0. The second kappa shape index (κ2) is 6.70. The van der Waals surface area contributed by atoms with E-state index in [0.29, 0.717) is 5.56 Å². The van der Waals surface area contributed by atoms with Gasteiger partial charge in [0.2, 0.25) is 0 Å². The summed E-state index contributed by atoms with van der Waals surface area (Å²) in [5.74, 6) is -2.86. The van der Waals surface area contributed by atoms with Crippen molar-refractivity contribution in [3.63, 3.8) is 0 Å². The van der Waals surface area contributed by atoms with Crippen LogP contribution in [0.1, 0.15) is 34.3 Å². The third-order valence-electron chi connectivity index (χ3n) is 2.89. The topological polar surface area (TPSA) is 104 Å². The van der Waals surface area contributed by atoms with E-state index in [0.717, 1.165) is 11.1 Å². The Balaban J connectivity index is 2.82. The van der Waals surface area contributed by atoms with Crippen LogP contribution < -0.4 is 5.32 Å². The molecule has 1 amide bonds. The molecule has 1 atom stereocenters. The molecule has 0 aliphatic rings. The summed E-state index contributed by atoms with van der Waals surface area (Å²) in [6.07, 6.45) is -0.467. The maximum absolute atomic E-state index is 12.1. The molecule has 0 unspecified atom stereocenters. The summed E-state index contributed by atoms with van der Waals surface area (Å²) < 4.78 is 0. The summed E-state index contributed by atoms with van der Waals surface area (Å²) in [6.45, 7) is 3.58. The van der Waals surface area contributed by atoms with Gasteiger partial charge in [0, 0.05) is 12.0 Å². The van der Waals surface area contributed by atoms with Gasteiger partial charge in [-0.25, -0.2) is 4.79 Å². The molecule has 3 N–H and O–H groups in total. The van der Waals surface area contributed by atoms with Gasteiger partial charge in [0.25, 0.3) is 5.91 Å². The van der Waals surface area contributed by atoms with Crippen LogP contribution in [0.5, 0.6) is 0 Å². The zero-order valence-corrected chi connectivity index (χ0v) is 11.3. The van der Waals surface area contributed by atoms with Crippen LogP contribution in [0.4, 0.5) is 0 Å². The average Bonchev–Trinajstić information content (AvgIpc) is 2.36. The van der Waals surface area contributed by atoms with E-state index in [1.807, 2.05) is 13.0 Å². The number of rotatable bonds is 6. The van der Waals surface area contributed by atoms with Crippen LogP contribution in [0.15, 0.2) is 18.2 Å². The number of carbonyl (C=O) groups excluding carboxylic acids is 1. The number of benzene rings is 1. The van der Waals surface area contributed by atoms with Crippen LogP contribution in [-0.4, -0.2) is 34.1 Å². The zero-order chi connectivity index (χ0) is 15.3. The normalized spacial score (nSPS) is 11.7. The number of aliphatic carboxylic acids is 2. The molecule has 108 valence electrons. The number of amides is 1. The third kappa shape index (κ3) is 4.38. The van der Waals surface area contributed by atoms with E-state index >= 15 is 0 Å². The lowest BCUT2D eigenvalue weighted by molar-refractivity contribution is -0.140. The summed E-state index contributed by atoms with van der Waals surface area (Å²) in [5.41, 5.74) is 2.01. The number of aryl methyl sites for hydroxylation is 2. The first-order valence-electron chi connectivity index (χ1n) is 6.14. The first kappa shape index (κ1) is 15.7. The smallest absolute Gasteiger partial charge is 0.326 e. The van der Waals surface area contributed by atoms with Crippen molar-refractivity contribution in [3.8, 4) is 0 Å². The molecule has 6 nitrogen and oxygen atoms in total. The number of carboxylic acids is 2. The second-order valence-corrected chi connectivity index (χ2v) is 4.62. The molecule has 0 aromatic heterocycles. The van der Waals surface area contributed by atoms with Crippen molar-refractivity contribution in [2.24, 2.45) is 0 Å². The van der Waals surface area contributed by atoms with Gasteiger partial charge in [-0.05, 0) is 31.9 Å². The fourth-order valence-corrected chi connectivity index (χ4v) is 1.74. The van der Waals surface area contributed by atoms with Crippen molar-refractivity contribution in [1.82, 2.24) is 5.32 Å². The van der Waals surface area contributed by atoms with Gasteiger partial charge in [0.1, 0.15) is 6.04 Å². The lowest BCUT2D eigenvalue weighted by atomic mass is 10.0. The lowest BCUT2D eigenvalue weighted by Crippen LogP contribution is -2.41. The minimum Gasteiger partial charge on any atom is -0.481 e. The molecule has 6 heteroatoms. The van der Waals surface area contributed by atoms with E-state index in [1.165, 1.54) is 0 Å². The molecule has 1 rings (SSSR count). The standard InChI is InChI=1S/C14H17NO5/c1-8-3-4-9(2)10(7-8)13(18)15-11(14(19)20)5-6-12(16)17/h3-4,7,11H,5-6H2,1-2H3,(H,15,18)(H,16,17)(H,19,20)/t11-/m0/s1. The van der Waals surface area contributed by atoms with Crippen molar-refractivity contribution in [3.05, 3.63) is 34.9 Å². The van der Waals surface area contributed by atoms with Gasteiger partial charge >= 0.3 is 11.9 Å². The Morgan fingerprint density at radius 2 is 1.85 bits per heavy atom. The Hall–Kier alpha value is -2.37. The highest BCUT2D eigenvalue weighted by Gasteiger charge is 2.22. The molecule has 1 aromatic rings. The Labute approximate surface area is 116 Å². The van der Waals surface area contributed by atoms with Gasteiger partial charge < -0.3 is 15.5 Å². The number of carbonyl (C=O) groups is 3. The molecule has 0 heterocycles. The summed E-state index contributed by atoms with van der Waals surface area (Å²) in [5, 5.41) is 19.9. The number of nitrogens with one attached hydrogen (secondary N) is 1. The molecule has 0 fully saturated rings. The average molecular weight is 279 g/mol. The summed E-state index contributed by atoms with van der Waals surface area (Å²) in [6, 6.07) is 4.09. The Bertz CT molecular complexity index is 538. The number of carboxylic acid groups (broad SMARTS) is 2. The van der Waals surface area contributed by atoms with Gasteiger partial charge in [0.05, 0.1) is 0 Å². The van der Waals surface area contributed by atoms with E-state index < -0.39 is 23.9 Å². The van der Waals surface area contributed by atoms with Crippen molar-refractivity contribution >= 4 is 17.8 Å². The maximum atomic E-state index is 12.1. The van der Waals surface area contributed by atoms with Crippen molar-refractivity contribution in [2.75, 3.05) is 0 Å². The molecular formula is C14H17NO5. The van der Waals surface area contributed by atoms with Crippen LogP contribution in [0, 0.1) is 13.8 Å². The molecule has 0 spiro atoms. The summed E-state index contributed by atoms with van der Waals surface area (Å²) in [4.78, 5) is 33.6. The van der Waals surface area contributed by atoms with Gasteiger partial charge in [-0.2, -0.15) is 0 Å². The van der Waals surface area contributed by atoms with E-state index in [9.17, 15) is 14.4 Å². The SMILES string of the molecule is Cc1ccc(C)c(C(=O)N[C@@H](CCC(=O)O)C(=O)O)c1. The van der Waals surface area contributed by atoms with E-state index in [-0.39, 0.29) is 12.8 Å². The van der Waals surface area contributed by atoms with E-state index in [1.54, 1.807) is 19.1 Å². The van der Waals surface area contributed by atoms with E-state index in [2.05, 4.69) is 5.32 Å².